The third-order valence-electron chi connectivity index (χ3n) is 3.70. The fourth-order valence-electron chi connectivity index (χ4n) is 2.38. The number of ether oxygens (including phenoxy) is 1. The van der Waals surface area contributed by atoms with Gasteiger partial charge in [-0.2, -0.15) is 13.2 Å². The molecule has 0 fully saturated rings. The first-order chi connectivity index (χ1) is 13.4. The maximum absolute atomic E-state index is 12.6. The van der Waals surface area contributed by atoms with Crippen molar-refractivity contribution < 1.29 is 22.4 Å². The number of anilines is 2. The molecule has 0 saturated heterocycles. The van der Waals surface area contributed by atoms with Crippen molar-refractivity contribution in [1.29, 1.82) is 0 Å². The number of fused-ring (bicyclic) bond motifs is 1. The number of nitrogens with one attached hydrogen (secondary N) is 1. The molecular formula is C18H10ClF3N4O2. The monoisotopic (exact) mass is 406 g/mol. The second-order valence-electron chi connectivity index (χ2n) is 5.64. The molecule has 3 aromatic heterocycles. The summed E-state index contributed by atoms with van der Waals surface area (Å²) in [5.41, 5.74) is 0.829. The first-order valence-electron chi connectivity index (χ1n) is 7.88. The van der Waals surface area contributed by atoms with Gasteiger partial charge >= 0.3 is 6.18 Å². The molecule has 0 unspecified atom stereocenters. The lowest BCUT2D eigenvalue weighted by molar-refractivity contribution is -0.137. The van der Waals surface area contributed by atoms with Gasteiger partial charge in [0.1, 0.15) is 5.75 Å². The van der Waals surface area contributed by atoms with Crippen LogP contribution >= 0.6 is 11.6 Å². The molecule has 0 amide bonds. The summed E-state index contributed by atoms with van der Waals surface area (Å²) in [6, 6.07) is 10.3. The van der Waals surface area contributed by atoms with E-state index in [2.05, 4.69) is 20.4 Å². The second kappa shape index (κ2) is 7.01. The normalized spacial score (nSPS) is 11.6. The zero-order valence-corrected chi connectivity index (χ0v) is 14.6. The van der Waals surface area contributed by atoms with Crippen LogP contribution in [0.15, 0.2) is 59.4 Å². The summed E-state index contributed by atoms with van der Waals surface area (Å²) in [5, 5.41) is 7.18. The number of hydrogen-bond acceptors (Lipinski definition) is 6. The fourth-order valence-corrected chi connectivity index (χ4v) is 2.60. The summed E-state index contributed by atoms with van der Waals surface area (Å²) in [7, 11) is 0. The van der Waals surface area contributed by atoms with Crippen LogP contribution in [0.2, 0.25) is 5.02 Å². The number of pyridine rings is 2. The molecule has 3 heterocycles. The lowest BCUT2D eigenvalue weighted by Gasteiger charge is -2.10. The molecular weight excluding hydrogens is 397 g/mol. The Kier molecular flexibility index (Phi) is 4.52. The summed E-state index contributed by atoms with van der Waals surface area (Å²) in [6.45, 7) is 0. The highest BCUT2D eigenvalue weighted by Crippen LogP contribution is 2.34. The average Bonchev–Trinajstić information content (AvgIpc) is 3.07. The van der Waals surface area contributed by atoms with Gasteiger partial charge in [-0.05, 0) is 36.4 Å². The van der Waals surface area contributed by atoms with Crippen molar-refractivity contribution in [3.8, 4) is 11.6 Å². The Morgan fingerprint density at radius 1 is 1.07 bits per heavy atom. The van der Waals surface area contributed by atoms with E-state index in [1.54, 1.807) is 36.5 Å². The van der Waals surface area contributed by atoms with E-state index in [4.69, 9.17) is 20.9 Å². The van der Waals surface area contributed by atoms with Crippen LogP contribution in [0.5, 0.6) is 11.6 Å². The van der Waals surface area contributed by atoms with Gasteiger partial charge < -0.3 is 14.6 Å². The van der Waals surface area contributed by atoms with Crippen molar-refractivity contribution in [2.75, 3.05) is 5.32 Å². The second-order valence-corrected chi connectivity index (χ2v) is 6.04. The smallest absolute Gasteiger partial charge is 0.417 e. The zero-order valence-electron chi connectivity index (χ0n) is 13.9. The SMILES string of the molecule is FC(F)(F)c1ccc(Oc2ccc(Nc3noc4cccnc34)cc2Cl)nc1. The van der Waals surface area contributed by atoms with Gasteiger partial charge in [0.25, 0.3) is 0 Å². The van der Waals surface area contributed by atoms with Crippen molar-refractivity contribution >= 4 is 34.2 Å². The Balaban J connectivity index is 1.51. The number of halogens is 4. The number of nitrogens with zero attached hydrogens (tertiary/aromatic N) is 3. The molecule has 0 aliphatic heterocycles. The van der Waals surface area contributed by atoms with Crippen LogP contribution in [0.25, 0.3) is 11.1 Å². The molecule has 142 valence electrons. The highest BCUT2D eigenvalue weighted by Gasteiger charge is 2.30. The van der Waals surface area contributed by atoms with Gasteiger partial charge in [0.15, 0.2) is 16.9 Å². The molecule has 0 saturated carbocycles. The molecule has 4 aromatic rings. The molecule has 0 bridgehead atoms. The van der Waals surface area contributed by atoms with Crippen LogP contribution < -0.4 is 10.1 Å². The Morgan fingerprint density at radius 3 is 2.64 bits per heavy atom. The topological polar surface area (TPSA) is 73.1 Å². The number of rotatable bonds is 4. The van der Waals surface area contributed by atoms with Crippen molar-refractivity contribution in [2.24, 2.45) is 0 Å². The Labute approximate surface area is 160 Å². The van der Waals surface area contributed by atoms with E-state index < -0.39 is 11.7 Å². The molecule has 10 heteroatoms. The molecule has 0 atom stereocenters. The molecule has 28 heavy (non-hydrogen) atoms. The summed E-state index contributed by atoms with van der Waals surface area (Å²) >= 11 is 6.21. The number of alkyl halides is 3. The van der Waals surface area contributed by atoms with Gasteiger partial charge in [-0.15, -0.1) is 0 Å². The largest absolute Gasteiger partial charge is 0.437 e. The predicted molar refractivity (Wildman–Crippen MR) is 95.9 cm³/mol. The molecule has 1 N–H and O–H groups in total. The lowest BCUT2D eigenvalue weighted by atomic mass is 10.3. The average molecular weight is 407 g/mol. The van der Waals surface area contributed by atoms with Gasteiger partial charge in [0.2, 0.25) is 5.88 Å². The highest BCUT2D eigenvalue weighted by molar-refractivity contribution is 6.32. The number of hydrogen-bond donors (Lipinski definition) is 1. The minimum Gasteiger partial charge on any atom is -0.437 e. The van der Waals surface area contributed by atoms with Crippen LogP contribution in [0, 0.1) is 0 Å². The van der Waals surface area contributed by atoms with Crippen LogP contribution in [-0.4, -0.2) is 15.1 Å². The van der Waals surface area contributed by atoms with Gasteiger partial charge in [-0.3, -0.25) is 0 Å². The fraction of sp³-hybridized carbons (Fsp3) is 0.0556. The van der Waals surface area contributed by atoms with Crippen molar-refractivity contribution in [3.05, 3.63) is 65.4 Å². The summed E-state index contributed by atoms with van der Waals surface area (Å²) in [5.74, 6) is 0.648. The van der Waals surface area contributed by atoms with Crippen LogP contribution in [0.4, 0.5) is 24.7 Å². The van der Waals surface area contributed by atoms with E-state index in [0.717, 1.165) is 12.1 Å². The van der Waals surface area contributed by atoms with E-state index in [9.17, 15) is 13.2 Å². The lowest BCUT2D eigenvalue weighted by Crippen LogP contribution is -2.05. The van der Waals surface area contributed by atoms with E-state index in [1.165, 1.54) is 0 Å². The van der Waals surface area contributed by atoms with E-state index >= 15 is 0 Å². The molecule has 4 rings (SSSR count). The van der Waals surface area contributed by atoms with Crippen molar-refractivity contribution in [3.63, 3.8) is 0 Å². The van der Waals surface area contributed by atoms with E-state index in [1.807, 2.05) is 0 Å². The van der Waals surface area contributed by atoms with E-state index in [-0.39, 0.29) is 16.7 Å². The maximum Gasteiger partial charge on any atom is 0.417 e. The van der Waals surface area contributed by atoms with Crippen LogP contribution in [0.1, 0.15) is 5.56 Å². The van der Waals surface area contributed by atoms with Crippen molar-refractivity contribution in [1.82, 2.24) is 15.1 Å². The Morgan fingerprint density at radius 2 is 1.93 bits per heavy atom. The third-order valence-corrected chi connectivity index (χ3v) is 4.00. The molecule has 1 aromatic carbocycles. The molecule has 0 spiro atoms. The van der Waals surface area contributed by atoms with Crippen LogP contribution in [0.3, 0.4) is 0 Å². The Bertz CT molecular complexity index is 1130. The summed E-state index contributed by atoms with van der Waals surface area (Å²) in [6.07, 6.45) is -2.15. The third kappa shape index (κ3) is 3.70. The first kappa shape index (κ1) is 18.1. The van der Waals surface area contributed by atoms with Crippen LogP contribution in [-0.2, 0) is 6.18 Å². The van der Waals surface area contributed by atoms with E-state index in [0.29, 0.717) is 28.8 Å². The summed E-state index contributed by atoms with van der Waals surface area (Å²) < 4.78 is 48.4. The first-order valence-corrected chi connectivity index (χ1v) is 8.26. The Hall–Kier alpha value is -3.33. The highest BCUT2D eigenvalue weighted by atomic mass is 35.5. The maximum atomic E-state index is 12.6. The van der Waals surface area contributed by atoms with Gasteiger partial charge in [-0.25, -0.2) is 9.97 Å². The zero-order chi connectivity index (χ0) is 19.7. The molecule has 0 aliphatic carbocycles. The predicted octanol–water partition coefficient (Wildman–Crippen LogP) is 5.83. The van der Waals surface area contributed by atoms with Gasteiger partial charge in [-0.1, -0.05) is 16.8 Å². The quantitative estimate of drug-likeness (QED) is 0.460. The molecule has 6 nitrogen and oxygen atoms in total. The molecule has 0 aliphatic rings. The minimum absolute atomic E-state index is 0.0118. The van der Waals surface area contributed by atoms with Crippen molar-refractivity contribution in [2.45, 2.75) is 6.18 Å². The standard InChI is InChI=1S/C18H10ClF3N4O2/c19-12-8-11(25-17-16-14(28-26-17)2-1-7-23-16)4-5-13(12)27-15-6-3-10(9-24-15)18(20,21)22/h1-9H,(H,25,26). The molecule has 0 radical (unpaired) electrons. The number of aromatic nitrogens is 3. The minimum atomic E-state index is -4.46. The summed E-state index contributed by atoms with van der Waals surface area (Å²) in [4.78, 5) is 7.84. The van der Waals surface area contributed by atoms with Gasteiger partial charge in [0, 0.05) is 24.1 Å². The van der Waals surface area contributed by atoms with Gasteiger partial charge in [0.05, 0.1) is 10.6 Å². The number of benzene rings is 1.